The van der Waals surface area contributed by atoms with Gasteiger partial charge in [-0.05, 0) is 42.3 Å². The van der Waals surface area contributed by atoms with E-state index in [1.54, 1.807) is 61.5 Å². The van der Waals surface area contributed by atoms with E-state index in [0.717, 1.165) is 0 Å². The van der Waals surface area contributed by atoms with Crippen LogP contribution < -0.4 is 4.72 Å². The van der Waals surface area contributed by atoms with Crippen LogP contribution in [0.5, 0.6) is 0 Å². The molecular weight excluding hydrogens is 444 g/mol. The number of rotatable bonds is 6. The van der Waals surface area contributed by atoms with Crippen LogP contribution in [-0.4, -0.2) is 30.1 Å². The minimum atomic E-state index is -3.99. The van der Waals surface area contributed by atoms with Gasteiger partial charge < -0.3 is 5.11 Å². The summed E-state index contributed by atoms with van der Waals surface area (Å²) in [5.41, 5.74) is 1.01. The molecule has 2 atom stereocenters. The Morgan fingerprint density at radius 1 is 1.04 bits per heavy atom. The van der Waals surface area contributed by atoms with Crippen molar-refractivity contribution in [2.45, 2.75) is 24.0 Å². The fourth-order valence-corrected chi connectivity index (χ4v) is 4.89. The number of carbonyl (C=O) groups excluding carboxylic acids is 1. The standard InChI is InChI=1S/C20H19BrN2O4S/c1-14-8-2-5-11-17(14)28(26,27)22-18(15-9-3-4-10-16(15)21)19(24)20(25)23-12-6-7-13-23/h2-13,18-19,22,24H,1H3/t18-,19-/m0/s1. The summed E-state index contributed by atoms with van der Waals surface area (Å²) in [5.74, 6) is -0.641. The van der Waals surface area contributed by atoms with Crippen molar-refractivity contribution >= 4 is 31.9 Å². The van der Waals surface area contributed by atoms with Crippen LogP contribution in [0.3, 0.4) is 0 Å². The molecule has 8 heteroatoms. The topological polar surface area (TPSA) is 88.4 Å². The third kappa shape index (κ3) is 4.25. The largest absolute Gasteiger partial charge is 0.381 e. The highest BCUT2D eigenvalue weighted by Gasteiger charge is 2.34. The number of nitrogens with one attached hydrogen (secondary N) is 1. The van der Waals surface area contributed by atoms with Crippen molar-refractivity contribution in [3.63, 3.8) is 0 Å². The Balaban J connectivity index is 2.03. The maximum atomic E-state index is 13.0. The van der Waals surface area contributed by atoms with Crippen molar-refractivity contribution in [3.8, 4) is 0 Å². The van der Waals surface area contributed by atoms with E-state index < -0.39 is 28.1 Å². The highest BCUT2D eigenvalue weighted by Crippen LogP contribution is 2.28. The summed E-state index contributed by atoms with van der Waals surface area (Å²) in [6.45, 7) is 1.68. The normalized spacial score (nSPS) is 13.8. The summed E-state index contributed by atoms with van der Waals surface area (Å²) in [7, 11) is -3.99. The minimum Gasteiger partial charge on any atom is -0.381 e. The summed E-state index contributed by atoms with van der Waals surface area (Å²) in [6.07, 6.45) is 1.36. The molecular formula is C20H19BrN2O4S. The number of benzene rings is 2. The molecule has 0 aliphatic carbocycles. The number of halogens is 1. The first-order valence-electron chi connectivity index (χ1n) is 8.49. The molecule has 28 heavy (non-hydrogen) atoms. The molecule has 0 aliphatic heterocycles. The number of aliphatic hydroxyl groups excluding tert-OH is 1. The highest BCUT2D eigenvalue weighted by atomic mass is 79.9. The van der Waals surface area contributed by atoms with Crippen molar-refractivity contribution in [2.24, 2.45) is 0 Å². The van der Waals surface area contributed by atoms with Gasteiger partial charge in [0.25, 0.3) is 5.91 Å². The van der Waals surface area contributed by atoms with Crippen molar-refractivity contribution < 1.29 is 18.3 Å². The van der Waals surface area contributed by atoms with Crippen LogP contribution in [-0.2, 0) is 10.0 Å². The van der Waals surface area contributed by atoms with Gasteiger partial charge in [-0.2, -0.15) is 0 Å². The van der Waals surface area contributed by atoms with Crippen LogP contribution in [0.4, 0.5) is 0 Å². The van der Waals surface area contributed by atoms with E-state index in [9.17, 15) is 18.3 Å². The average Bonchev–Trinajstić information content (AvgIpc) is 3.20. The lowest BCUT2D eigenvalue weighted by Crippen LogP contribution is -2.42. The van der Waals surface area contributed by atoms with Gasteiger partial charge in [0.2, 0.25) is 10.0 Å². The van der Waals surface area contributed by atoms with Gasteiger partial charge in [0, 0.05) is 16.9 Å². The van der Waals surface area contributed by atoms with Crippen LogP contribution in [0.2, 0.25) is 0 Å². The predicted molar refractivity (Wildman–Crippen MR) is 109 cm³/mol. The first-order chi connectivity index (χ1) is 13.3. The number of aliphatic hydroxyl groups is 1. The molecule has 0 bridgehead atoms. The number of hydrogen-bond donors (Lipinski definition) is 2. The fraction of sp³-hybridized carbons (Fsp3) is 0.150. The molecule has 1 aromatic heterocycles. The lowest BCUT2D eigenvalue weighted by molar-refractivity contribution is 0.0585. The van der Waals surface area contributed by atoms with Gasteiger partial charge >= 0.3 is 0 Å². The zero-order valence-electron chi connectivity index (χ0n) is 15.0. The molecule has 0 saturated heterocycles. The molecule has 1 heterocycles. The highest BCUT2D eigenvalue weighted by molar-refractivity contribution is 9.10. The Kier molecular flexibility index (Phi) is 6.14. The molecule has 0 saturated carbocycles. The lowest BCUT2D eigenvalue weighted by Gasteiger charge is -2.25. The van der Waals surface area contributed by atoms with E-state index in [2.05, 4.69) is 20.7 Å². The van der Waals surface area contributed by atoms with Gasteiger partial charge in [0.05, 0.1) is 10.9 Å². The van der Waals surface area contributed by atoms with Gasteiger partial charge in [0.15, 0.2) is 6.10 Å². The molecule has 0 fully saturated rings. The van der Waals surface area contributed by atoms with E-state index in [1.807, 2.05) is 0 Å². The van der Waals surface area contributed by atoms with Crippen LogP contribution in [0.1, 0.15) is 22.0 Å². The molecule has 146 valence electrons. The van der Waals surface area contributed by atoms with Crippen molar-refractivity contribution in [1.29, 1.82) is 0 Å². The van der Waals surface area contributed by atoms with Gasteiger partial charge in [-0.15, -0.1) is 0 Å². The zero-order valence-corrected chi connectivity index (χ0v) is 17.4. The Morgan fingerprint density at radius 2 is 1.64 bits per heavy atom. The molecule has 3 rings (SSSR count). The molecule has 0 amide bonds. The molecule has 0 unspecified atom stereocenters. The molecule has 0 aliphatic rings. The maximum Gasteiger partial charge on any atom is 0.261 e. The lowest BCUT2D eigenvalue weighted by atomic mass is 10.0. The average molecular weight is 463 g/mol. The van der Waals surface area contributed by atoms with E-state index in [1.165, 1.54) is 23.0 Å². The van der Waals surface area contributed by atoms with Gasteiger partial charge in [-0.25, -0.2) is 13.1 Å². The molecule has 2 aromatic carbocycles. The first kappa shape index (κ1) is 20.5. The second kappa shape index (κ2) is 8.40. The fourth-order valence-electron chi connectivity index (χ4n) is 2.89. The molecule has 3 aromatic rings. The van der Waals surface area contributed by atoms with Gasteiger partial charge in [0.1, 0.15) is 0 Å². The summed E-state index contributed by atoms with van der Waals surface area (Å²) < 4.78 is 30.3. The summed E-state index contributed by atoms with van der Waals surface area (Å²) >= 11 is 3.38. The van der Waals surface area contributed by atoms with Crippen molar-refractivity contribution in [1.82, 2.24) is 9.29 Å². The maximum absolute atomic E-state index is 13.0. The number of aromatic nitrogens is 1. The number of aryl methyl sites for hydroxylation is 1. The number of sulfonamides is 1. The first-order valence-corrected chi connectivity index (χ1v) is 10.8. The Labute approximate surface area is 172 Å². The van der Waals surface area contributed by atoms with Gasteiger partial charge in [-0.3, -0.25) is 9.36 Å². The second-order valence-electron chi connectivity index (χ2n) is 6.26. The van der Waals surface area contributed by atoms with Crippen LogP contribution in [0, 0.1) is 6.92 Å². The zero-order chi connectivity index (χ0) is 20.3. The van der Waals surface area contributed by atoms with E-state index >= 15 is 0 Å². The Bertz CT molecular complexity index is 1080. The third-order valence-corrected chi connectivity index (χ3v) is 6.66. The third-order valence-electron chi connectivity index (χ3n) is 4.33. The molecule has 6 nitrogen and oxygen atoms in total. The van der Waals surface area contributed by atoms with E-state index in [-0.39, 0.29) is 4.90 Å². The summed E-state index contributed by atoms with van der Waals surface area (Å²) in [6, 6.07) is 15.5. The minimum absolute atomic E-state index is 0.0904. The van der Waals surface area contributed by atoms with Gasteiger partial charge in [-0.1, -0.05) is 52.3 Å². The Morgan fingerprint density at radius 3 is 2.29 bits per heavy atom. The smallest absolute Gasteiger partial charge is 0.261 e. The molecule has 0 radical (unpaired) electrons. The number of carbonyl (C=O) groups is 1. The summed E-state index contributed by atoms with van der Waals surface area (Å²) in [4.78, 5) is 12.8. The monoisotopic (exact) mass is 462 g/mol. The SMILES string of the molecule is Cc1ccccc1S(=O)(=O)N[C@@H](c1ccccc1Br)[C@H](O)C(=O)n1cccc1. The van der Waals surface area contributed by atoms with Crippen LogP contribution in [0.15, 0.2) is 82.4 Å². The van der Waals surface area contributed by atoms with Crippen LogP contribution >= 0.6 is 15.9 Å². The Hall–Kier alpha value is -2.26. The quantitative estimate of drug-likeness (QED) is 0.588. The molecule has 0 spiro atoms. The van der Waals surface area contributed by atoms with Crippen LogP contribution in [0.25, 0.3) is 0 Å². The number of nitrogens with zero attached hydrogens (tertiary/aromatic N) is 1. The van der Waals surface area contributed by atoms with E-state index in [0.29, 0.717) is 15.6 Å². The second-order valence-corrected chi connectivity index (χ2v) is 8.80. The number of hydrogen-bond acceptors (Lipinski definition) is 4. The van der Waals surface area contributed by atoms with Crippen molar-refractivity contribution in [3.05, 3.63) is 88.7 Å². The summed E-state index contributed by atoms with van der Waals surface area (Å²) in [5, 5.41) is 10.8. The molecule has 2 N–H and O–H groups in total. The van der Waals surface area contributed by atoms with E-state index in [4.69, 9.17) is 0 Å². The predicted octanol–water partition coefficient (Wildman–Crippen LogP) is 3.28. The van der Waals surface area contributed by atoms with Crippen molar-refractivity contribution in [2.75, 3.05) is 0 Å².